The number of rotatable bonds is 12. The topological polar surface area (TPSA) is 89.0 Å². The fourth-order valence-electron chi connectivity index (χ4n) is 2.38. The summed E-state index contributed by atoms with van der Waals surface area (Å²) in [6.45, 7) is 12.9. The van der Waals surface area contributed by atoms with Crippen LogP contribution < -0.4 is 0 Å². The molecule has 6 nitrogen and oxygen atoms in total. The van der Waals surface area contributed by atoms with Gasteiger partial charge in [-0.15, -0.1) is 0 Å². The van der Waals surface area contributed by atoms with Gasteiger partial charge in [0.25, 0.3) is 5.78 Å². The number of unbranched alkanes of at least 4 members (excludes halogenated alkanes) is 4. The Kier molecular flexibility index (Phi) is 10.8. The molecule has 0 saturated heterocycles. The van der Waals surface area contributed by atoms with E-state index in [1.54, 1.807) is 0 Å². The summed E-state index contributed by atoms with van der Waals surface area (Å²) < 4.78 is 10.9. The highest BCUT2D eigenvalue weighted by Gasteiger charge is 2.40. The lowest BCUT2D eigenvalue weighted by Gasteiger charge is -2.39. The largest absolute Gasteiger partial charge is 0.460 e. The molecule has 0 radical (unpaired) electrons. The lowest BCUT2D eigenvalue weighted by atomic mass is 10.0. The molecule has 0 N–H and O–H groups in total. The van der Waals surface area contributed by atoms with Gasteiger partial charge in [0.05, 0.1) is 13.2 Å². The van der Waals surface area contributed by atoms with Crippen LogP contribution in [-0.2, 0) is 18.8 Å². The lowest BCUT2D eigenvalue weighted by molar-refractivity contribution is -0.139. The highest BCUT2D eigenvalue weighted by molar-refractivity contribution is 6.74. The zero-order valence-electron chi connectivity index (χ0n) is 17.6. The molecule has 0 aromatic rings. The van der Waals surface area contributed by atoms with Gasteiger partial charge in [0.1, 0.15) is 0 Å². The summed E-state index contributed by atoms with van der Waals surface area (Å²) >= 11 is 0. The molecule has 0 aromatic heterocycles. The van der Waals surface area contributed by atoms with Gasteiger partial charge in [-0.05, 0) is 24.6 Å². The molecule has 150 valence electrons. The average Bonchev–Trinajstić information content (AvgIpc) is 2.53. The fraction of sp³-hybridized carbons (Fsp3) is 0.842. The maximum atomic E-state index is 12.4. The third kappa shape index (κ3) is 8.38. The summed E-state index contributed by atoms with van der Waals surface area (Å²) in [5, 5.41) is 0.0206. The first-order valence-electron chi connectivity index (χ1n) is 9.51. The van der Waals surface area contributed by atoms with E-state index in [1.165, 1.54) is 19.3 Å². The van der Waals surface area contributed by atoms with Crippen LogP contribution in [0.3, 0.4) is 0 Å². The molecule has 0 heterocycles. The zero-order valence-corrected chi connectivity index (χ0v) is 18.6. The van der Waals surface area contributed by atoms with Gasteiger partial charge >= 0.3 is 11.7 Å². The quantitative estimate of drug-likeness (QED) is 0.0939. The molecule has 0 amide bonds. The van der Waals surface area contributed by atoms with E-state index in [1.807, 2.05) is 0 Å². The van der Waals surface area contributed by atoms with Crippen molar-refractivity contribution < 1.29 is 23.5 Å². The van der Waals surface area contributed by atoms with Crippen molar-refractivity contribution in [3.05, 3.63) is 5.53 Å². The maximum absolute atomic E-state index is 12.4. The second kappa shape index (κ2) is 11.4. The van der Waals surface area contributed by atoms with E-state index in [0.717, 1.165) is 26.4 Å². The van der Waals surface area contributed by atoms with Crippen LogP contribution in [0, 0.1) is 0 Å². The number of ketones is 1. The number of hydrogen-bond donors (Lipinski definition) is 0. The first kappa shape index (κ1) is 24.7. The molecule has 0 aromatic carbocycles. The highest BCUT2D eigenvalue weighted by Crippen LogP contribution is 2.38. The standard InChI is InChI=1S/C19H36N2O4Si/c1-8-9-10-11-12-13-15(25-26(6,7)19(2,3)4)14-16(22)17(21-20)18(23)24-5/h15H,8-14H2,1-7H3. The van der Waals surface area contributed by atoms with Crippen LogP contribution in [0.4, 0.5) is 0 Å². The minimum atomic E-state index is -2.06. The molecule has 0 aliphatic carbocycles. The van der Waals surface area contributed by atoms with E-state index in [9.17, 15) is 9.59 Å². The molecule has 26 heavy (non-hydrogen) atoms. The lowest BCUT2D eigenvalue weighted by Crippen LogP contribution is -2.45. The Morgan fingerprint density at radius 3 is 2.15 bits per heavy atom. The van der Waals surface area contributed by atoms with Gasteiger partial charge in [0.15, 0.2) is 8.32 Å². The second-order valence-corrected chi connectivity index (χ2v) is 13.0. The molecule has 0 aliphatic heterocycles. The fourth-order valence-corrected chi connectivity index (χ4v) is 3.77. The minimum Gasteiger partial charge on any atom is -0.460 e. The van der Waals surface area contributed by atoms with Gasteiger partial charge in [0, 0.05) is 6.42 Å². The summed E-state index contributed by atoms with van der Waals surface area (Å²) in [6, 6.07) is 0. The summed E-state index contributed by atoms with van der Waals surface area (Å²) in [7, 11) is -0.910. The van der Waals surface area contributed by atoms with Gasteiger partial charge in [-0.1, -0.05) is 59.8 Å². The number of carbonyl (C=O) groups excluding carboxylic acids is 2. The summed E-state index contributed by atoms with van der Waals surface area (Å²) in [4.78, 5) is 26.8. The van der Waals surface area contributed by atoms with E-state index in [4.69, 9.17) is 9.96 Å². The first-order chi connectivity index (χ1) is 12.0. The number of hydrogen-bond acceptors (Lipinski definition) is 4. The van der Waals surface area contributed by atoms with Crippen LogP contribution in [-0.4, -0.2) is 43.8 Å². The SMILES string of the molecule is CCCCCCCC(CC(=O)C(=[N+]=[N-])C(=O)OC)O[Si](C)(C)C(C)(C)C. The predicted molar refractivity (Wildman–Crippen MR) is 106 cm³/mol. The number of methoxy groups -OCH3 is 1. The van der Waals surface area contributed by atoms with Crippen molar-refractivity contribution in [2.24, 2.45) is 0 Å². The molecule has 7 heteroatoms. The van der Waals surface area contributed by atoms with Gasteiger partial charge in [-0.25, -0.2) is 4.79 Å². The van der Waals surface area contributed by atoms with Crippen molar-refractivity contribution in [3.63, 3.8) is 0 Å². The molecule has 0 saturated carbocycles. The normalized spacial score (nSPS) is 13.0. The summed E-state index contributed by atoms with van der Waals surface area (Å²) in [5.74, 6) is -1.47. The molecule has 0 spiro atoms. The van der Waals surface area contributed by atoms with Gasteiger partial charge in [-0.2, -0.15) is 4.79 Å². The number of ether oxygens (including phenoxy) is 1. The smallest absolute Gasteiger partial charge is 0.441 e. The van der Waals surface area contributed by atoms with Crippen LogP contribution in [0.25, 0.3) is 5.53 Å². The van der Waals surface area contributed by atoms with Crippen molar-refractivity contribution in [1.29, 1.82) is 0 Å². The number of nitrogens with zero attached hydrogens (tertiary/aromatic N) is 2. The summed E-state index contributed by atoms with van der Waals surface area (Å²) in [6.07, 6.45) is 6.10. The highest BCUT2D eigenvalue weighted by atomic mass is 28.4. The van der Waals surface area contributed by atoms with E-state index in [-0.39, 0.29) is 17.6 Å². The third-order valence-electron chi connectivity index (χ3n) is 5.05. The van der Waals surface area contributed by atoms with Crippen molar-refractivity contribution in [3.8, 4) is 0 Å². The Labute approximate surface area is 159 Å². The van der Waals surface area contributed by atoms with Crippen LogP contribution in [0.15, 0.2) is 0 Å². The third-order valence-corrected chi connectivity index (χ3v) is 9.59. The molecule has 1 unspecified atom stereocenters. The Bertz CT molecular complexity index is 520. The molecule has 1 atom stereocenters. The van der Waals surface area contributed by atoms with E-state index >= 15 is 0 Å². The molecule has 0 fully saturated rings. The van der Waals surface area contributed by atoms with Gasteiger partial charge in [-0.3, -0.25) is 4.79 Å². The molecule has 0 bridgehead atoms. The van der Waals surface area contributed by atoms with Crippen molar-refractivity contribution in [2.75, 3.05) is 7.11 Å². The Morgan fingerprint density at radius 2 is 1.69 bits per heavy atom. The molecule has 0 aliphatic rings. The number of carbonyl (C=O) groups is 2. The predicted octanol–water partition coefficient (Wildman–Crippen LogP) is 4.54. The van der Waals surface area contributed by atoms with E-state index < -0.39 is 25.8 Å². The Hall–Kier alpha value is -1.30. The van der Waals surface area contributed by atoms with Crippen molar-refractivity contribution in [2.45, 2.75) is 96.9 Å². The minimum absolute atomic E-state index is 0.0206. The van der Waals surface area contributed by atoms with Crippen LogP contribution in [0.1, 0.15) is 72.6 Å². The molecular weight excluding hydrogens is 348 g/mol. The molecule has 0 rings (SSSR count). The summed E-state index contributed by atoms with van der Waals surface area (Å²) in [5.41, 5.74) is 8.41. The Morgan fingerprint density at radius 1 is 1.12 bits per heavy atom. The Balaban J connectivity index is 5.11. The van der Waals surface area contributed by atoms with E-state index in [2.05, 4.69) is 50.3 Å². The van der Waals surface area contributed by atoms with Crippen LogP contribution in [0.2, 0.25) is 18.1 Å². The number of esters is 1. The van der Waals surface area contributed by atoms with Crippen LogP contribution >= 0.6 is 0 Å². The van der Waals surface area contributed by atoms with Crippen molar-refractivity contribution in [1.82, 2.24) is 0 Å². The second-order valence-electron chi connectivity index (χ2n) is 8.27. The van der Waals surface area contributed by atoms with Crippen molar-refractivity contribution >= 4 is 25.8 Å². The number of Topliss-reactive ketones (excluding diaryl/α,β-unsaturated/α-hetero) is 1. The molecular formula is C19H36N2O4Si. The zero-order chi connectivity index (χ0) is 20.4. The monoisotopic (exact) mass is 384 g/mol. The first-order valence-corrected chi connectivity index (χ1v) is 12.4. The van der Waals surface area contributed by atoms with E-state index in [0.29, 0.717) is 0 Å². The van der Waals surface area contributed by atoms with Gasteiger partial charge < -0.3 is 14.7 Å². The maximum Gasteiger partial charge on any atom is 0.441 e. The van der Waals surface area contributed by atoms with Crippen LogP contribution in [0.5, 0.6) is 0 Å². The average molecular weight is 385 g/mol. The van der Waals surface area contributed by atoms with Gasteiger partial charge in [0.2, 0.25) is 0 Å².